The lowest BCUT2D eigenvalue weighted by atomic mass is 10.1. The monoisotopic (exact) mass is 422 g/mol. The van der Waals surface area contributed by atoms with Crippen molar-refractivity contribution in [3.8, 4) is 0 Å². The molecule has 3 aromatic carbocycles. The number of hydrogen-bond donors (Lipinski definition) is 1. The summed E-state index contributed by atoms with van der Waals surface area (Å²) in [5, 5.41) is 2.88. The number of rotatable bonds is 6. The van der Waals surface area contributed by atoms with Crippen LogP contribution in [0, 0.1) is 20.8 Å². The van der Waals surface area contributed by atoms with E-state index in [-0.39, 0.29) is 12.5 Å². The van der Waals surface area contributed by atoms with Gasteiger partial charge in [-0.15, -0.1) is 0 Å². The van der Waals surface area contributed by atoms with Gasteiger partial charge in [0.25, 0.3) is 5.91 Å². The van der Waals surface area contributed by atoms with Crippen LogP contribution in [-0.4, -0.2) is 20.6 Å². The predicted octanol–water partition coefficient (Wildman–Crippen LogP) is 4.83. The highest BCUT2D eigenvalue weighted by Gasteiger charge is 2.20. The topological polar surface area (TPSA) is 66.5 Å². The molecule has 5 nitrogen and oxygen atoms in total. The minimum Gasteiger partial charge on any atom is -0.322 e. The number of nitrogens with zero attached hydrogens (tertiary/aromatic N) is 1. The summed E-state index contributed by atoms with van der Waals surface area (Å²) < 4.78 is 26.3. The second-order valence-electron chi connectivity index (χ2n) is 7.58. The van der Waals surface area contributed by atoms with Crippen LogP contribution < -0.4 is 9.62 Å². The largest absolute Gasteiger partial charge is 0.322 e. The summed E-state index contributed by atoms with van der Waals surface area (Å²) in [6.45, 7) is 5.99. The number of anilines is 2. The van der Waals surface area contributed by atoms with Gasteiger partial charge in [0.2, 0.25) is 10.0 Å². The zero-order valence-electron chi connectivity index (χ0n) is 17.6. The van der Waals surface area contributed by atoms with Gasteiger partial charge in [-0.1, -0.05) is 36.4 Å². The van der Waals surface area contributed by atoms with E-state index in [1.807, 2.05) is 63.2 Å². The van der Waals surface area contributed by atoms with Crippen molar-refractivity contribution in [3.05, 3.63) is 94.5 Å². The van der Waals surface area contributed by atoms with Crippen molar-refractivity contribution in [2.45, 2.75) is 27.3 Å². The van der Waals surface area contributed by atoms with Gasteiger partial charge in [0.05, 0.1) is 18.5 Å². The number of benzene rings is 3. The zero-order valence-corrected chi connectivity index (χ0v) is 18.5. The second kappa shape index (κ2) is 8.71. The van der Waals surface area contributed by atoms with Crippen LogP contribution in [-0.2, 0) is 16.6 Å². The molecule has 30 heavy (non-hydrogen) atoms. The van der Waals surface area contributed by atoms with Crippen molar-refractivity contribution in [2.75, 3.05) is 15.9 Å². The number of carbonyl (C=O) groups is 1. The quantitative estimate of drug-likeness (QED) is 0.619. The molecule has 0 aliphatic heterocycles. The Kier molecular flexibility index (Phi) is 6.27. The summed E-state index contributed by atoms with van der Waals surface area (Å²) >= 11 is 0. The van der Waals surface area contributed by atoms with Crippen molar-refractivity contribution >= 4 is 27.3 Å². The summed E-state index contributed by atoms with van der Waals surface area (Å²) in [5.41, 5.74) is 5.66. The molecule has 0 saturated carbocycles. The summed E-state index contributed by atoms with van der Waals surface area (Å²) in [4.78, 5) is 12.5. The van der Waals surface area contributed by atoms with Gasteiger partial charge in [0.15, 0.2) is 0 Å². The smallest absolute Gasteiger partial charge is 0.255 e. The predicted molar refractivity (Wildman–Crippen MR) is 123 cm³/mol. The Bertz CT molecular complexity index is 1170. The molecule has 0 bridgehead atoms. The van der Waals surface area contributed by atoms with E-state index in [1.54, 1.807) is 24.3 Å². The van der Waals surface area contributed by atoms with Gasteiger partial charge in [-0.05, 0) is 73.4 Å². The van der Waals surface area contributed by atoms with E-state index < -0.39 is 10.0 Å². The molecule has 0 atom stereocenters. The lowest BCUT2D eigenvalue weighted by molar-refractivity contribution is 0.102. The minimum absolute atomic E-state index is 0.197. The van der Waals surface area contributed by atoms with E-state index in [0.29, 0.717) is 11.3 Å². The number of nitrogens with one attached hydrogen (secondary N) is 1. The number of hydrogen-bond acceptors (Lipinski definition) is 3. The number of aryl methyl sites for hydroxylation is 3. The maximum absolute atomic E-state index is 12.5. The molecule has 0 saturated heterocycles. The van der Waals surface area contributed by atoms with E-state index in [2.05, 4.69) is 5.32 Å². The van der Waals surface area contributed by atoms with Gasteiger partial charge in [0.1, 0.15) is 0 Å². The van der Waals surface area contributed by atoms with Crippen LogP contribution in [0.4, 0.5) is 11.4 Å². The number of amides is 1. The SMILES string of the molecule is Cc1cccc(NC(=O)c2ccc(CN(c3cc(C)ccc3C)S(C)(=O)=O)cc2)c1. The molecule has 0 aliphatic rings. The highest BCUT2D eigenvalue weighted by Crippen LogP contribution is 2.26. The standard InChI is InChI=1S/C24H26N2O3S/c1-17-6-5-7-22(14-17)25-24(27)21-12-10-20(11-13-21)16-26(30(4,28)29)23-15-18(2)8-9-19(23)3/h5-15H,16H2,1-4H3,(H,25,27). The molecule has 6 heteroatoms. The normalized spacial score (nSPS) is 11.2. The van der Waals surface area contributed by atoms with E-state index in [9.17, 15) is 13.2 Å². The molecule has 3 rings (SSSR count). The van der Waals surface area contributed by atoms with Crippen LogP contribution in [0.25, 0.3) is 0 Å². The molecule has 1 N–H and O–H groups in total. The third-order valence-electron chi connectivity index (χ3n) is 4.85. The Morgan fingerprint density at radius 3 is 2.20 bits per heavy atom. The number of sulfonamides is 1. The van der Waals surface area contributed by atoms with Crippen molar-refractivity contribution in [3.63, 3.8) is 0 Å². The Morgan fingerprint density at radius 2 is 1.57 bits per heavy atom. The Labute approximate surface area is 178 Å². The number of carbonyl (C=O) groups excluding carboxylic acids is 1. The van der Waals surface area contributed by atoms with E-state index >= 15 is 0 Å². The van der Waals surface area contributed by atoms with E-state index in [1.165, 1.54) is 10.6 Å². The van der Waals surface area contributed by atoms with Gasteiger partial charge in [0, 0.05) is 11.3 Å². The van der Waals surface area contributed by atoms with Crippen LogP contribution in [0.3, 0.4) is 0 Å². The van der Waals surface area contributed by atoms with Gasteiger partial charge in [-0.25, -0.2) is 8.42 Å². The molecule has 0 aliphatic carbocycles. The molecular weight excluding hydrogens is 396 g/mol. The summed E-state index contributed by atoms with van der Waals surface area (Å²) in [6, 6.07) is 20.3. The molecular formula is C24H26N2O3S. The van der Waals surface area contributed by atoms with Crippen LogP contribution in [0.5, 0.6) is 0 Å². The third kappa shape index (κ3) is 5.27. The van der Waals surface area contributed by atoms with E-state index in [0.717, 1.165) is 27.9 Å². The first-order valence-corrected chi connectivity index (χ1v) is 11.5. The van der Waals surface area contributed by atoms with Crippen LogP contribution in [0.2, 0.25) is 0 Å². The summed E-state index contributed by atoms with van der Waals surface area (Å²) in [5.74, 6) is -0.207. The first-order chi connectivity index (χ1) is 14.1. The Balaban J connectivity index is 1.80. The average molecular weight is 423 g/mol. The van der Waals surface area contributed by atoms with Crippen LogP contribution in [0.15, 0.2) is 66.7 Å². The molecule has 0 heterocycles. The maximum Gasteiger partial charge on any atom is 0.255 e. The molecule has 0 unspecified atom stereocenters. The van der Waals surface area contributed by atoms with Gasteiger partial charge in [-0.3, -0.25) is 9.10 Å². The van der Waals surface area contributed by atoms with E-state index in [4.69, 9.17) is 0 Å². The fourth-order valence-corrected chi connectivity index (χ4v) is 4.16. The molecule has 0 fully saturated rings. The zero-order chi connectivity index (χ0) is 21.9. The maximum atomic E-state index is 12.5. The molecule has 156 valence electrons. The molecule has 1 amide bonds. The van der Waals surface area contributed by atoms with Gasteiger partial charge in [-0.2, -0.15) is 0 Å². The van der Waals surface area contributed by atoms with Crippen molar-refractivity contribution < 1.29 is 13.2 Å². The molecule has 0 spiro atoms. The lowest BCUT2D eigenvalue weighted by Gasteiger charge is -2.25. The van der Waals surface area contributed by atoms with Crippen molar-refractivity contribution in [1.29, 1.82) is 0 Å². The Hall–Kier alpha value is -3.12. The first-order valence-electron chi connectivity index (χ1n) is 9.65. The van der Waals surface area contributed by atoms with Crippen LogP contribution in [0.1, 0.15) is 32.6 Å². The third-order valence-corrected chi connectivity index (χ3v) is 5.98. The van der Waals surface area contributed by atoms with Crippen LogP contribution >= 0.6 is 0 Å². The first kappa shape index (κ1) is 21.6. The second-order valence-corrected chi connectivity index (χ2v) is 9.49. The summed E-state index contributed by atoms with van der Waals surface area (Å²) in [6.07, 6.45) is 1.21. The fraction of sp³-hybridized carbons (Fsp3) is 0.208. The van der Waals surface area contributed by atoms with Gasteiger partial charge >= 0.3 is 0 Å². The molecule has 0 radical (unpaired) electrons. The highest BCUT2D eigenvalue weighted by atomic mass is 32.2. The van der Waals surface area contributed by atoms with Crippen molar-refractivity contribution in [2.24, 2.45) is 0 Å². The Morgan fingerprint density at radius 1 is 0.900 bits per heavy atom. The van der Waals surface area contributed by atoms with Gasteiger partial charge < -0.3 is 5.32 Å². The summed E-state index contributed by atoms with van der Waals surface area (Å²) in [7, 11) is -3.47. The fourth-order valence-electron chi connectivity index (χ4n) is 3.22. The lowest BCUT2D eigenvalue weighted by Crippen LogP contribution is -2.30. The van der Waals surface area contributed by atoms with Crippen molar-refractivity contribution in [1.82, 2.24) is 0 Å². The molecule has 0 aromatic heterocycles. The minimum atomic E-state index is -3.47. The average Bonchev–Trinajstić information content (AvgIpc) is 2.68. The molecule has 3 aromatic rings. The highest BCUT2D eigenvalue weighted by molar-refractivity contribution is 7.92.